The second-order valence-corrected chi connectivity index (χ2v) is 9.84. The van der Waals surface area contributed by atoms with Gasteiger partial charge in [0.1, 0.15) is 11.9 Å². The van der Waals surface area contributed by atoms with Crippen molar-refractivity contribution < 1.29 is 12.8 Å². The third kappa shape index (κ3) is 3.35. The Morgan fingerprint density at radius 3 is 2.90 bits per heavy atom. The Bertz CT molecular complexity index is 1190. The number of pyridine rings is 1. The minimum atomic E-state index is -3.74. The van der Waals surface area contributed by atoms with E-state index in [0.717, 1.165) is 28.4 Å². The predicted octanol–water partition coefficient (Wildman–Crippen LogP) is 2.21. The van der Waals surface area contributed by atoms with Crippen LogP contribution in [0.1, 0.15) is 41.8 Å². The highest BCUT2D eigenvalue weighted by molar-refractivity contribution is 7.89. The van der Waals surface area contributed by atoms with Crippen LogP contribution in [0.3, 0.4) is 0 Å². The number of aryl methyl sites for hydroxylation is 1. The van der Waals surface area contributed by atoms with Crippen LogP contribution >= 0.6 is 0 Å². The van der Waals surface area contributed by atoms with Crippen LogP contribution in [0.4, 0.5) is 10.1 Å². The van der Waals surface area contributed by atoms with Gasteiger partial charge in [0.2, 0.25) is 16.0 Å². The van der Waals surface area contributed by atoms with E-state index in [-0.39, 0.29) is 23.3 Å². The van der Waals surface area contributed by atoms with Gasteiger partial charge in [-0.25, -0.2) is 17.1 Å². The van der Waals surface area contributed by atoms with E-state index in [1.54, 1.807) is 19.1 Å². The Kier molecular flexibility index (Phi) is 4.66. The van der Waals surface area contributed by atoms with Crippen molar-refractivity contribution in [3.63, 3.8) is 0 Å². The van der Waals surface area contributed by atoms with Gasteiger partial charge in [0.25, 0.3) is 0 Å². The number of hydrogen-bond donors (Lipinski definition) is 3. The van der Waals surface area contributed by atoms with E-state index in [9.17, 15) is 12.8 Å². The van der Waals surface area contributed by atoms with Gasteiger partial charge in [0.15, 0.2) is 0 Å². The first-order valence-electron chi connectivity index (χ1n) is 9.42. The zero-order chi connectivity index (χ0) is 21.7. The smallest absolute Gasteiger partial charge is 0.239 e. The van der Waals surface area contributed by atoms with Crippen molar-refractivity contribution in [2.75, 3.05) is 18.1 Å². The van der Waals surface area contributed by atoms with E-state index in [0.29, 0.717) is 11.3 Å². The van der Waals surface area contributed by atoms with Crippen molar-refractivity contribution in [2.24, 2.45) is 0 Å². The lowest BCUT2D eigenvalue weighted by Crippen LogP contribution is -2.61. The first-order chi connectivity index (χ1) is 14.1. The van der Waals surface area contributed by atoms with Gasteiger partial charge in [0, 0.05) is 24.5 Å². The summed E-state index contributed by atoms with van der Waals surface area (Å²) in [7, 11) is -2.45. The Hall–Kier alpha value is -3.19. The standard InChI is InChI=1S/C20H21FN6O2S/c1-20(11-30(28,29)27(2)19(23)26-20)15-8-14(4-5-16(15)21)25-17-6-3-13-7-12(9-22)10-24-18(13)17/h4-5,7-8,10,17,25H,3,6,11H2,1-2H3,(H2,23,26)/t17-,20-/m0/s1. The molecule has 1 aromatic heterocycles. The molecule has 1 fully saturated rings. The summed E-state index contributed by atoms with van der Waals surface area (Å²) in [6.45, 7) is 1.57. The molecular weight excluding hydrogens is 407 g/mol. The van der Waals surface area contributed by atoms with Crippen LogP contribution in [0, 0.1) is 22.6 Å². The van der Waals surface area contributed by atoms with Gasteiger partial charge in [0.05, 0.1) is 28.6 Å². The van der Waals surface area contributed by atoms with Crippen molar-refractivity contribution in [1.82, 2.24) is 14.6 Å². The second kappa shape index (κ2) is 6.95. The van der Waals surface area contributed by atoms with Crippen molar-refractivity contribution in [2.45, 2.75) is 31.3 Å². The van der Waals surface area contributed by atoms with Crippen LogP contribution in [-0.2, 0) is 22.0 Å². The average Bonchev–Trinajstić information content (AvgIpc) is 3.09. The molecule has 0 radical (unpaired) electrons. The maximum atomic E-state index is 14.7. The van der Waals surface area contributed by atoms with Gasteiger partial charge in [-0.2, -0.15) is 5.26 Å². The van der Waals surface area contributed by atoms with Crippen molar-refractivity contribution in [1.29, 1.82) is 10.7 Å². The molecule has 2 atom stereocenters. The highest BCUT2D eigenvalue weighted by atomic mass is 32.2. The lowest BCUT2D eigenvalue weighted by molar-refractivity contribution is 0.403. The Morgan fingerprint density at radius 1 is 1.43 bits per heavy atom. The van der Waals surface area contributed by atoms with Crippen molar-refractivity contribution >= 4 is 21.7 Å². The molecule has 2 heterocycles. The number of anilines is 1. The SMILES string of the molecule is CN1C(=N)N[C@](C)(c2cc(N[C@H]3CCc4cc(C#N)cnc43)ccc2F)CS1(=O)=O. The topological polar surface area (TPSA) is 122 Å². The highest BCUT2D eigenvalue weighted by Gasteiger charge is 2.43. The van der Waals surface area contributed by atoms with Crippen LogP contribution in [0.2, 0.25) is 0 Å². The minimum Gasteiger partial charge on any atom is -0.377 e. The fourth-order valence-corrected chi connectivity index (χ4v) is 5.51. The number of hydrogen-bond acceptors (Lipinski definition) is 6. The molecule has 2 aliphatic rings. The number of aromatic nitrogens is 1. The van der Waals surface area contributed by atoms with E-state index in [4.69, 9.17) is 10.7 Å². The summed E-state index contributed by atoms with van der Waals surface area (Å²) in [5, 5.41) is 23.1. The molecule has 1 saturated heterocycles. The van der Waals surface area contributed by atoms with Crippen LogP contribution in [0.25, 0.3) is 0 Å². The zero-order valence-electron chi connectivity index (χ0n) is 16.5. The molecule has 0 bridgehead atoms. The number of guanidine groups is 1. The molecular formula is C20H21FN6O2S. The fourth-order valence-electron chi connectivity index (χ4n) is 4.03. The zero-order valence-corrected chi connectivity index (χ0v) is 17.3. The third-order valence-electron chi connectivity index (χ3n) is 5.66. The molecule has 1 aliphatic heterocycles. The molecule has 4 rings (SSSR count). The van der Waals surface area contributed by atoms with Crippen molar-refractivity contribution in [3.05, 3.63) is 58.7 Å². The van der Waals surface area contributed by atoms with E-state index < -0.39 is 21.4 Å². The molecule has 0 amide bonds. The summed E-state index contributed by atoms with van der Waals surface area (Å²) >= 11 is 0. The van der Waals surface area contributed by atoms with Gasteiger partial charge < -0.3 is 10.6 Å². The highest BCUT2D eigenvalue weighted by Crippen LogP contribution is 2.35. The van der Waals surface area contributed by atoms with E-state index in [1.807, 2.05) is 6.07 Å². The Balaban J connectivity index is 1.64. The first-order valence-corrected chi connectivity index (χ1v) is 11.0. The number of halogens is 1. The Morgan fingerprint density at radius 2 is 2.20 bits per heavy atom. The summed E-state index contributed by atoms with van der Waals surface area (Å²) in [5.74, 6) is -1.22. The number of fused-ring (bicyclic) bond motifs is 1. The number of nitrogens with one attached hydrogen (secondary N) is 3. The fraction of sp³-hybridized carbons (Fsp3) is 0.350. The third-order valence-corrected chi connectivity index (χ3v) is 7.62. The summed E-state index contributed by atoms with van der Waals surface area (Å²) in [6.07, 6.45) is 3.10. The van der Waals surface area contributed by atoms with Crippen LogP contribution in [0.15, 0.2) is 30.5 Å². The number of benzene rings is 1. The average molecular weight is 428 g/mol. The molecule has 8 nitrogen and oxygen atoms in total. The molecule has 10 heteroatoms. The molecule has 1 aliphatic carbocycles. The van der Waals surface area contributed by atoms with E-state index >= 15 is 0 Å². The molecule has 0 unspecified atom stereocenters. The summed E-state index contributed by atoms with van der Waals surface area (Å²) in [4.78, 5) is 4.40. The quantitative estimate of drug-likeness (QED) is 0.689. The first kappa shape index (κ1) is 20.1. The lowest BCUT2D eigenvalue weighted by Gasteiger charge is -2.40. The molecule has 3 N–H and O–H groups in total. The van der Waals surface area contributed by atoms with E-state index in [1.165, 1.54) is 19.3 Å². The molecule has 156 valence electrons. The maximum absolute atomic E-state index is 14.7. The van der Waals surface area contributed by atoms with Gasteiger partial charge >= 0.3 is 0 Å². The molecule has 0 saturated carbocycles. The van der Waals surface area contributed by atoms with Crippen LogP contribution in [-0.4, -0.2) is 36.5 Å². The summed E-state index contributed by atoms with van der Waals surface area (Å²) < 4.78 is 40.4. The van der Waals surface area contributed by atoms with Gasteiger partial charge in [-0.3, -0.25) is 10.4 Å². The molecule has 2 aromatic rings. The van der Waals surface area contributed by atoms with E-state index in [2.05, 4.69) is 21.7 Å². The summed E-state index contributed by atoms with van der Waals surface area (Å²) in [6, 6.07) is 8.30. The molecule has 30 heavy (non-hydrogen) atoms. The van der Waals surface area contributed by atoms with Gasteiger partial charge in [-0.1, -0.05) is 0 Å². The predicted molar refractivity (Wildman–Crippen MR) is 110 cm³/mol. The normalized spacial score (nSPS) is 24.7. The van der Waals surface area contributed by atoms with Gasteiger partial charge in [-0.05, 0) is 49.6 Å². The Labute approximate surface area is 174 Å². The lowest BCUT2D eigenvalue weighted by atomic mass is 9.92. The number of nitriles is 1. The number of nitrogens with zero attached hydrogens (tertiary/aromatic N) is 3. The molecule has 1 aromatic carbocycles. The largest absolute Gasteiger partial charge is 0.377 e. The monoisotopic (exact) mass is 428 g/mol. The summed E-state index contributed by atoms with van der Waals surface area (Å²) in [5.41, 5.74) is 1.90. The maximum Gasteiger partial charge on any atom is 0.239 e. The number of rotatable bonds is 3. The number of sulfonamides is 1. The van der Waals surface area contributed by atoms with Crippen LogP contribution in [0.5, 0.6) is 0 Å². The molecule has 0 spiro atoms. The minimum absolute atomic E-state index is 0.0914. The van der Waals surface area contributed by atoms with Crippen LogP contribution < -0.4 is 10.6 Å². The van der Waals surface area contributed by atoms with Crippen molar-refractivity contribution in [3.8, 4) is 6.07 Å². The van der Waals surface area contributed by atoms with Gasteiger partial charge in [-0.15, -0.1) is 0 Å². The second-order valence-electron chi connectivity index (χ2n) is 7.84.